The molecule has 120 valence electrons. The molecule has 1 N–H and O–H groups in total. The third kappa shape index (κ3) is 3.76. The van der Waals surface area contributed by atoms with Crippen molar-refractivity contribution >= 4 is 51.0 Å². The Morgan fingerprint density at radius 1 is 1.36 bits per heavy atom. The second-order valence-electron chi connectivity index (χ2n) is 5.63. The number of hydrogen-bond acceptors (Lipinski definition) is 3. The smallest absolute Gasteiger partial charge is 0.315 e. The van der Waals surface area contributed by atoms with Crippen molar-refractivity contribution in [1.82, 2.24) is 5.32 Å². The van der Waals surface area contributed by atoms with Crippen LogP contribution in [0.1, 0.15) is 31.9 Å². The monoisotopic (exact) mass is 407 g/mol. The van der Waals surface area contributed by atoms with Gasteiger partial charge in [-0.25, -0.2) is 0 Å². The fourth-order valence-corrected chi connectivity index (χ4v) is 2.98. The molecule has 2 rings (SSSR count). The number of carbonyl (C=O) groups excluding carboxylic acids is 2. The summed E-state index contributed by atoms with van der Waals surface area (Å²) >= 11 is 15.1. The van der Waals surface area contributed by atoms with Crippen molar-refractivity contribution in [3.05, 3.63) is 34.3 Å². The highest BCUT2D eigenvalue weighted by atomic mass is 79.9. The Bertz CT molecular complexity index is 591. The molecule has 1 amide bonds. The number of carbonyl (C=O) groups is 2. The van der Waals surface area contributed by atoms with Crippen LogP contribution < -0.4 is 5.32 Å². The van der Waals surface area contributed by atoms with Crippen LogP contribution >= 0.6 is 39.1 Å². The van der Waals surface area contributed by atoms with Gasteiger partial charge >= 0.3 is 5.97 Å². The Morgan fingerprint density at radius 3 is 2.41 bits per heavy atom. The number of alkyl halides is 2. The molecule has 0 bridgehead atoms. The van der Waals surface area contributed by atoms with Gasteiger partial charge in [-0.05, 0) is 31.5 Å². The molecular formula is C15H16BrCl2NO3. The first-order chi connectivity index (χ1) is 10.2. The van der Waals surface area contributed by atoms with Gasteiger partial charge < -0.3 is 10.1 Å². The Hall–Kier alpha value is -0.780. The molecule has 2 atom stereocenters. The molecule has 1 fully saturated rings. The molecule has 1 aromatic rings. The minimum absolute atomic E-state index is 0.184. The summed E-state index contributed by atoms with van der Waals surface area (Å²) in [5.74, 6) is -0.924. The molecule has 22 heavy (non-hydrogen) atoms. The summed E-state index contributed by atoms with van der Waals surface area (Å²) in [7, 11) is 0. The number of amides is 1. The Morgan fingerprint density at radius 2 is 1.91 bits per heavy atom. The predicted octanol–water partition coefficient (Wildman–Crippen LogP) is 3.75. The van der Waals surface area contributed by atoms with E-state index >= 15 is 0 Å². The van der Waals surface area contributed by atoms with Gasteiger partial charge in [0.1, 0.15) is 9.75 Å². The lowest BCUT2D eigenvalue weighted by atomic mass is 10.1. The lowest BCUT2D eigenvalue weighted by molar-refractivity contribution is -0.153. The van der Waals surface area contributed by atoms with E-state index in [1.54, 1.807) is 6.92 Å². The van der Waals surface area contributed by atoms with E-state index < -0.39 is 15.7 Å². The summed E-state index contributed by atoms with van der Waals surface area (Å²) in [6.45, 7) is 3.13. The molecule has 0 spiro atoms. The zero-order chi connectivity index (χ0) is 16.5. The highest BCUT2D eigenvalue weighted by molar-refractivity contribution is 9.10. The second-order valence-corrected chi connectivity index (χ2v) is 8.03. The number of esters is 1. The van der Waals surface area contributed by atoms with Crippen LogP contribution in [0.3, 0.4) is 0 Å². The molecule has 0 aromatic heterocycles. The van der Waals surface area contributed by atoms with Crippen LogP contribution in [0.2, 0.25) is 0 Å². The summed E-state index contributed by atoms with van der Waals surface area (Å²) < 4.78 is 4.87. The topological polar surface area (TPSA) is 55.4 Å². The molecule has 1 saturated carbocycles. The van der Waals surface area contributed by atoms with E-state index in [1.165, 1.54) is 0 Å². The predicted molar refractivity (Wildman–Crippen MR) is 88.8 cm³/mol. The highest BCUT2D eigenvalue weighted by Gasteiger charge is 2.69. The molecule has 0 heterocycles. The zero-order valence-corrected chi connectivity index (χ0v) is 15.3. The minimum atomic E-state index is -1.09. The number of halogens is 3. The molecule has 1 aliphatic rings. The molecule has 0 radical (unpaired) electrons. The quantitative estimate of drug-likeness (QED) is 0.596. The van der Waals surface area contributed by atoms with Crippen molar-refractivity contribution in [1.29, 1.82) is 0 Å². The van der Waals surface area contributed by atoms with Gasteiger partial charge in [-0.2, -0.15) is 0 Å². The van der Waals surface area contributed by atoms with E-state index in [-0.39, 0.29) is 18.6 Å². The summed E-state index contributed by atoms with van der Waals surface area (Å²) in [6.07, 6.45) is 0.332. The first-order valence-corrected chi connectivity index (χ1v) is 8.30. The summed E-state index contributed by atoms with van der Waals surface area (Å²) in [4.78, 5) is 23.7. The van der Waals surface area contributed by atoms with E-state index in [2.05, 4.69) is 21.2 Å². The average molecular weight is 409 g/mol. The van der Waals surface area contributed by atoms with E-state index in [1.807, 2.05) is 31.2 Å². The van der Waals surface area contributed by atoms with Crippen LogP contribution in [0.25, 0.3) is 0 Å². The Labute approximate surface area is 147 Å². The van der Waals surface area contributed by atoms with E-state index in [4.69, 9.17) is 27.9 Å². The van der Waals surface area contributed by atoms with Crippen molar-refractivity contribution in [3.63, 3.8) is 0 Å². The number of benzene rings is 1. The maximum absolute atomic E-state index is 11.9. The standard InChI is InChI=1S/C15H16BrCl2NO3/c1-9(10-3-5-11(16)6-4-10)19-12(20)7-22-13(21)14(2)8-15(14,17)18/h3-6,9H,7-8H2,1-2H3,(H,19,20)/t9-,14+/m0/s1. The summed E-state index contributed by atoms with van der Waals surface area (Å²) in [6, 6.07) is 7.42. The third-order valence-corrected chi connectivity index (χ3v) is 5.42. The maximum atomic E-state index is 11.9. The van der Waals surface area contributed by atoms with Gasteiger partial charge in [-0.3, -0.25) is 9.59 Å². The SMILES string of the molecule is C[C@H](NC(=O)COC(=O)[C@@]1(C)CC1(Cl)Cl)c1ccc(Br)cc1. The number of nitrogens with one attached hydrogen (secondary N) is 1. The van der Waals surface area contributed by atoms with Crippen molar-refractivity contribution in [3.8, 4) is 0 Å². The molecule has 0 unspecified atom stereocenters. The van der Waals surface area contributed by atoms with Crippen molar-refractivity contribution in [2.75, 3.05) is 6.61 Å². The van der Waals surface area contributed by atoms with E-state index in [9.17, 15) is 9.59 Å². The highest BCUT2D eigenvalue weighted by Crippen LogP contribution is 2.64. The lowest BCUT2D eigenvalue weighted by Gasteiger charge is -2.16. The Kier molecular flexibility index (Phi) is 5.09. The molecule has 7 heteroatoms. The average Bonchev–Trinajstić information content (AvgIpc) is 2.97. The van der Waals surface area contributed by atoms with Crippen LogP contribution in [0.15, 0.2) is 28.7 Å². The van der Waals surface area contributed by atoms with Crippen molar-refractivity contribution in [2.45, 2.75) is 30.6 Å². The third-order valence-electron chi connectivity index (χ3n) is 3.79. The van der Waals surface area contributed by atoms with Gasteiger partial charge in [-0.1, -0.05) is 28.1 Å². The number of rotatable bonds is 5. The van der Waals surface area contributed by atoms with Gasteiger partial charge in [0, 0.05) is 10.9 Å². The van der Waals surface area contributed by atoms with Crippen molar-refractivity contribution in [2.24, 2.45) is 5.41 Å². The minimum Gasteiger partial charge on any atom is -0.455 e. The van der Waals surface area contributed by atoms with Crippen LogP contribution in [0.4, 0.5) is 0 Å². The molecular weight excluding hydrogens is 393 g/mol. The fraction of sp³-hybridized carbons (Fsp3) is 0.467. The van der Waals surface area contributed by atoms with Crippen LogP contribution in [-0.2, 0) is 14.3 Å². The molecule has 1 aromatic carbocycles. The van der Waals surface area contributed by atoms with Crippen molar-refractivity contribution < 1.29 is 14.3 Å². The van der Waals surface area contributed by atoms with Crippen LogP contribution in [0.5, 0.6) is 0 Å². The van der Waals surface area contributed by atoms with E-state index in [0.29, 0.717) is 6.42 Å². The summed E-state index contributed by atoms with van der Waals surface area (Å²) in [5, 5.41) is 2.77. The zero-order valence-electron chi connectivity index (χ0n) is 12.2. The lowest BCUT2D eigenvalue weighted by Crippen LogP contribution is -2.33. The summed E-state index contributed by atoms with van der Waals surface area (Å²) in [5.41, 5.74) is 0.0332. The van der Waals surface area contributed by atoms with Crippen LogP contribution in [0, 0.1) is 5.41 Å². The molecule has 0 aliphatic heterocycles. The molecule has 1 aliphatic carbocycles. The fourth-order valence-electron chi connectivity index (χ4n) is 2.03. The van der Waals surface area contributed by atoms with Gasteiger partial charge in [0.15, 0.2) is 6.61 Å². The Balaban J connectivity index is 1.81. The van der Waals surface area contributed by atoms with E-state index in [0.717, 1.165) is 10.0 Å². The van der Waals surface area contributed by atoms with Gasteiger partial charge in [0.05, 0.1) is 6.04 Å². The first-order valence-electron chi connectivity index (χ1n) is 6.75. The molecule has 4 nitrogen and oxygen atoms in total. The van der Waals surface area contributed by atoms with Gasteiger partial charge in [-0.15, -0.1) is 23.2 Å². The number of hydrogen-bond donors (Lipinski definition) is 1. The van der Waals surface area contributed by atoms with Crippen LogP contribution in [-0.4, -0.2) is 22.8 Å². The van der Waals surface area contributed by atoms with Gasteiger partial charge in [0.2, 0.25) is 0 Å². The first kappa shape index (κ1) is 17.6. The van der Waals surface area contributed by atoms with Gasteiger partial charge in [0.25, 0.3) is 5.91 Å². The maximum Gasteiger partial charge on any atom is 0.315 e. The number of ether oxygens (including phenoxy) is 1. The molecule has 0 saturated heterocycles. The second kappa shape index (κ2) is 6.38. The largest absolute Gasteiger partial charge is 0.455 e. The normalized spacial score (nSPS) is 23.5.